The molecule has 0 radical (unpaired) electrons. The number of pyridine rings is 1. The Hall–Kier alpha value is -2.37. The zero-order valence-electron chi connectivity index (χ0n) is 9.54. The highest BCUT2D eigenvalue weighted by Crippen LogP contribution is 2.14. The quantitative estimate of drug-likeness (QED) is 0.650. The van der Waals surface area contributed by atoms with E-state index < -0.39 is 4.92 Å². The third-order valence-corrected chi connectivity index (χ3v) is 2.45. The minimum Gasteiger partial charge on any atom is -0.358 e. The second-order valence-corrected chi connectivity index (χ2v) is 3.73. The molecule has 2 aromatic rings. The van der Waals surface area contributed by atoms with Gasteiger partial charge in [-0.1, -0.05) is 0 Å². The SMILES string of the molecule is Cc1ccc(C)n1Nc1ccc([N+](=O)[O-])nc1. The Labute approximate surface area is 98.0 Å². The van der Waals surface area contributed by atoms with Gasteiger partial charge >= 0.3 is 5.82 Å². The maximum atomic E-state index is 10.5. The average Bonchev–Trinajstić information content (AvgIpc) is 2.61. The van der Waals surface area contributed by atoms with E-state index in [-0.39, 0.29) is 5.82 Å². The Bertz CT molecular complexity index is 526. The summed E-state index contributed by atoms with van der Waals surface area (Å²) in [6.07, 6.45) is 1.44. The van der Waals surface area contributed by atoms with Crippen LogP contribution in [-0.4, -0.2) is 14.6 Å². The maximum Gasteiger partial charge on any atom is 0.363 e. The fourth-order valence-electron chi connectivity index (χ4n) is 1.53. The van der Waals surface area contributed by atoms with Crippen LogP contribution in [0.3, 0.4) is 0 Å². The van der Waals surface area contributed by atoms with Crippen LogP contribution in [0, 0.1) is 24.0 Å². The van der Waals surface area contributed by atoms with Crippen molar-refractivity contribution in [2.24, 2.45) is 0 Å². The zero-order valence-corrected chi connectivity index (χ0v) is 9.54. The standard InChI is InChI=1S/C11H12N4O2/c1-8-3-4-9(2)14(8)13-10-5-6-11(12-7-10)15(16)17/h3-7,13H,1-2H3. The molecule has 0 aromatic carbocycles. The van der Waals surface area contributed by atoms with Crippen LogP contribution in [-0.2, 0) is 0 Å². The number of anilines is 1. The van der Waals surface area contributed by atoms with Crippen LogP contribution in [0.25, 0.3) is 0 Å². The Kier molecular flexibility index (Phi) is 2.78. The van der Waals surface area contributed by atoms with Crippen molar-refractivity contribution in [1.29, 1.82) is 0 Å². The summed E-state index contributed by atoms with van der Waals surface area (Å²) in [6, 6.07) is 6.98. The first kappa shape index (κ1) is 11.1. The molecule has 2 aromatic heterocycles. The highest BCUT2D eigenvalue weighted by Gasteiger charge is 2.07. The van der Waals surface area contributed by atoms with Gasteiger partial charge in [-0.3, -0.25) is 10.1 Å². The predicted octanol–water partition coefficient (Wildman–Crippen LogP) is 2.28. The second kappa shape index (κ2) is 4.25. The number of aromatic nitrogens is 2. The number of hydrogen-bond donors (Lipinski definition) is 1. The van der Waals surface area contributed by atoms with Gasteiger partial charge in [-0.2, -0.15) is 0 Å². The molecule has 17 heavy (non-hydrogen) atoms. The third kappa shape index (κ3) is 2.25. The number of nitro groups is 1. The first-order valence-corrected chi connectivity index (χ1v) is 5.10. The van der Waals surface area contributed by atoms with Gasteiger partial charge in [0.15, 0.2) is 6.20 Å². The van der Waals surface area contributed by atoms with Crippen LogP contribution in [0.15, 0.2) is 30.5 Å². The van der Waals surface area contributed by atoms with E-state index in [2.05, 4.69) is 10.4 Å². The summed E-state index contributed by atoms with van der Waals surface area (Å²) in [5.41, 5.74) is 5.94. The molecule has 6 heteroatoms. The lowest BCUT2D eigenvalue weighted by molar-refractivity contribution is -0.389. The summed E-state index contributed by atoms with van der Waals surface area (Å²) in [5.74, 6) is -0.156. The molecule has 0 saturated carbocycles. The molecule has 0 fully saturated rings. The van der Waals surface area contributed by atoms with Gasteiger partial charge in [-0.25, -0.2) is 0 Å². The molecule has 0 saturated heterocycles. The van der Waals surface area contributed by atoms with E-state index in [0.717, 1.165) is 11.4 Å². The summed E-state index contributed by atoms with van der Waals surface area (Å²) in [6.45, 7) is 3.94. The Balaban J connectivity index is 2.22. The summed E-state index contributed by atoms with van der Waals surface area (Å²) in [4.78, 5) is 13.7. The van der Waals surface area contributed by atoms with Crippen LogP contribution >= 0.6 is 0 Å². The highest BCUT2D eigenvalue weighted by atomic mass is 16.6. The number of rotatable bonds is 3. The number of nitrogens with zero attached hydrogens (tertiary/aromatic N) is 3. The molecule has 2 rings (SSSR count). The largest absolute Gasteiger partial charge is 0.363 e. The smallest absolute Gasteiger partial charge is 0.358 e. The fraction of sp³-hybridized carbons (Fsp3) is 0.182. The van der Waals surface area contributed by atoms with E-state index in [1.54, 1.807) is 6.07 Å². The van der Waals surface area contributed by atoms with Gasteiger partial charge in [0.1, 0.15) is 0 Å². The highest BCUT2D eigenvalue weighted by molar-refractivity contribution is 5.44. The van der Waals surface area contributed by atoms with Crippen molar-refractivity contribution in [3.8, 4) is 0 Å². The van der Waals surface area contributed by atoms with Crippen molar-refractivity contribution in [3.05, 3.63) is 52.0 Å². The van der Waals surface area contributed by atoms with Crippen molar-refractivity contribution in [2.75, 3.05) is 5.43 Å². The Morgan fingerprint density at radius 1 is 1.24 bits per heavy atom. The van der Waals surface area contributed by atoms with Gasteiger partial charge in [-0.05, 0) is 42.0 Å². The molecule has 0 aliphatic heterocycles. The van der Waals surface area contributed by atoms with Gasteiger partial charge in [0.05, 0.1) is 5.69 Å². The Morgan fingerprint density at radius 2 is 1.88 bits per heavy atom. The van der Waals surface area contributed by atoms with Gasteiger partial charge in [-0.15, -0.1) is 0 Å². The van der Waals surface area contributed by atoms with E-state index in [9.17, 15) is 10.1 Å². The summed E-state index contributed by atoms with van der Waals surface area (Å²) < 4.78 is 1.89. The summed E-state index contributed by atoms with van der Waals surface area (Å²) in [5, 5.41) is 10.5. The molecule has 88 valence electrons. The van der Waals surface area contributed by atoms with Gasteiger partial charge in [0.2, 0.25) is 0 Å². The van der Waals surface area contributed by atoms with Crippen LogP contribution < -0.4 is 5.43 Å². The minimum absolute atomic E-state index is 0.156. The van der Waals surface area contributed by atoms with E-state index in [1.807, 2.05) is 30.7 Å². The molecule has 0 aliphatic rings. The monoisotopic (exact) mass is 232 g/mol. The van der Waals surface area contributed by atoms with Crippen LogP contribution in [0.5, 0.6) is 0 Å². The van der Waals surface area contributed by atoms with Crippen LogP contribution in [0.2, 0.25) is 0 Å². The minimum atomic E-state index is -0.518. The molecule has 2 heterocycles. The third-order valence-electron chi connectivity index (χ3n) is 2.45. The molecule has 0 spiro atoms. The molecular formula is C11H12N4O2. The van der Waals surface area contributed by atoms with Gasteiger partial charge in [0, 0.05) is 17.5 Å². The molecule has 0 bridgehead atoms. The van der Waals surface area contributed by atoms with E-state index in [1.165, 1.54) is 12.3 Å². The van der Waals surface area contributed by atoms with E-state index >= 15 is 0 Å². The van der Waals surface area contributed by atoms with Crippen molar-refractivity contribution in [2.45, 2.75) is 13.8 Å². The molecule has 0 amide bonds. The van der Waals surface area contributed by atoms with Crippen LogP contribution in [0.4, 0.5) is 11.5 Å². The van der Waals surface area contributed by atoms with Crippen LogP contribution in [0.1, 0.15) is 11.4 Å². The van der Waals surface area contributed by atoms with Crippen molar-refractivity contribution in [3.63, 3.8) is 0 Å². The normalized spacial score (nSPS) is 10.2. The number of hydrogen-bond acceptors (Lipinski definition) is 4. The van der Waals surface area contributed by atoms with E-state index in [4.69, 9.17) is 0 Å². The second-order valence-electron chi connectivity index (χ2n) is 3.73. The summed E-state index contributed by atoms with van der Waals surface area (Å²) in [7, 11) is 0. The molecule has 6 nitrogen and oxygen atoms in total. The lowest BCUT2D eigenvalue weighted by Gasteiger charge is -2.10. The zero-order chi connectivity index (χ0) is 12.4. The molecule has 0 aliphatic carbocycles. The van der Waals surface area contributed by atoms with Crippen molar-refractivity contribution < 1.29 is 4.92 Å². The maximum absolute atomic E-state index is 10.5. The van der Waals surface area contributed by atoms with Crippen molar-refractivity contribution >= 4 is 11.5 Å². The van der Waals surface area contributed by atoms with E-state index in [0.29, 0.717) is 5.69 Å². The molecular weight excluding hydrogens is 220 g/mol. The first-order chi connectivity index (χ1) is 8.08. The van der Waals surface area contributed by atoms with Gasteiger partial charge in [0.25, 0.3) is 0 Å². The van der Waals surface area contributed by atoms with Crippen molar-refractivity contribution in [1.82, 2.24) is 9.66 Å². The lowest BCUT2D eigenvalue weighted by atomic mass is 10.4. The fourth-order valence-corrected chi connectivity index (χ4v) is 1.53. The predicted molar refractivity (Wildman–Crippen MR) is 63.8 cm³/mol. The number of aryl methyl sites for hydroxylation is 2. The molecule has 0 unspecified atom stereocenters. The Morgan fingerprint density at radius 3 is 2.35 bits per heavy atom. The summed E-state index contributed by atoms with van der Waals surface area (Å²) >= 11 is 0. The topological polar surface area (TPSA) is 73.0 Å². The lowest BCUT2D eigenvalue weighted by Crippen LogP contribution is -2.12. The number of nitrogens with one attached hydrogen (secondary N) is 1. The van der Waals surface area contributed by atoms with Gasteiger partial charge < -0.3 is 10.1 Å². The molecule has 0 atom stereocenters. The average molecular weight is 232 g/mol. The first-order valence-electron chi connectivity index (χ1n) is 5.10. The molecule has 1 N–H and O–H groups in total.